The largest absolute Gasteiger partial charge is 0.631 e. The van der Waals surface area contributed by atoms with Gasteiger partial charge in [0.1, 0.15) is 12.1 Å². The van der Waals surface area contributed by atoms with Crippen molar-refractivity contribution in [3.05, 3.63) is 0 Å². The van der Waals surface area contributed by atoms with E-state index < -0.39 is 25.0 Å². The van der Waals surface area contributed by atoms with Gasteiger partial charge in [0.2, 0.25) is 10.5 Å². The molecule has 195 valence electrons. The highest BCUT2D eigenvalue weighted by molar-refractivity contribution is 7.61. The normalized spacial score (nSPS) is 23.5. The van der Waals surface area contributed by atoms with E-state index in [0.717, 1.165) is 82.0 Å². The van der Waals surface area contributed by atoms with Crippen molar-refractivity contribution in [2.75, 3.05) is 13.2 Å². The van der Waals surface area contributed by atoms with Crippen LogP contribution in [0.1, 0.15) is 117 Å². The maximum atomic E-state index is 14.0. The van der Waals surface area contributed by atoms with Gasteiger partial charge in [-0.1, -0.05) is 32.1 Å². The first kappa shape index (κ1) is 28.0. The van der Waals surface area contributed by atoms with Gasteiger partial charge in [0.15, 0.2) is 0 Å². The van der Waals surface area contributed by atoms with Crippen molar-refractivity contribution < 1.29 is 33.4 Å². The second-order valence-corrected chi connectivity index (χ2v) is 12.8. The Balaban J connectivity index is 1.87. The molecule has 7 nitrogen and oxygen atoms in total. The average Bonchev–Trinajstić information content (AvgIpc) is 2.87. The fourth-order valence-electron chi connectivity index (χ4n) is 6.37. The molecule has 0 amide bonds. The second-order valence-electron chi connectivity index (χ2n) is 10.6. The van der Waals surface area contributed by atoms with Gasteiger partial charge in [-0.05, 0) is 52.4 Å². The highest BCUT2D eigenvalue weighted by Gasteiger charge is 2.55. The van der Waals surface area contributed by atoms with Gasteiger partial charge in [-0.15, -0.1) is 5.06 Å². The van der Waals surface area contributed by atoms with Crippen molar-refractivity contribution in [1.29, 1.82) is 0 Å². The van der Waals surface area contributed by atoms with Gasteiger partial charge >= 0.3 is 12.3 Å². The van der Waals surface area contributed by atoms with Gasteiger partial charge in [0.25, 0.3) is 7.94 Å². The molecule has 1 radical (unpaired) electrons. The van der Waals surface area contributed by atoms with Gasteiger partial charge in [0.05, 0.1) is 18.6 Å². The molecule has 0 bridgehead atoms. The number of rotatable bonds is 12. The van der Waals surface area contributed by atoms with Crippen LogP contribution in [0.4, 0.5) is 0 Å². The van der Waals surface area contributed by atoms with Gasteiger partial charge in [-0.25, -0.2) is 13.8 Å². The second kappa shape index (κ2) is 13.6. The van der Waals surface area contributed by atoms with E-state index in [1.807, 2.05) is 0 Å². The maximum absolute atomic E-state index is 14.0. The molecule has 3 fully saturated rings. The summed E-state index contributed by atoms with van der Waals surface area (Å²) in [5.41, 5.74) is -1.74. The number of nitrogens with one attached hydrogen (secondary N) is 1. The van der Waals surface area contributed by atoms with Crippen molar-refractivity contribution in [2.45, 2.75) is 134 Å². The fourth-order valence-corrected chi connectivity index (χ4v) is 8.42. The predicted octanol–water partition coefficient (Wildman–Crippen LogP) is 4.10. The van der Waals surface area contributed by atoms with Gasteiger partial charge in [-0.2, -0.15) is 0 Å². The van der Waals surface area contributed by atoms with E-state index in [-0.39, 0.29) is 31.7 Å². The molecule has 3 aliphatic carbocycles. The third-order valence-electron chi connectivity index (χ3n) is 8.20. The van der Waals surface area contributed by atoms with Crippen LogP contribution in [0.2, 0.25) is 0 Å². The molecule has 34 heavy (non-hydrogen) atoms. The SMILES string of the molecule is CCO[P+]([O-])(OCC)C(CC1(C=[O+])CCCCC1)C(=O)O[NH+](C1CCCCC1)C1CCCCC1. The molecule has 0 aromatic heterocycles. The van der Waals surface area contributed by atoms with Crippen LogP contribution >= 0.6 is 7.94 Å². The Morgan fingerprint density at radius 2 is 1.41 bits per heavy atom. The summed E-state index contributed by atoms with van der Waals surface area (Å²) in [5.74, 6) is -0.511. The van der Waals surface area contributed by atoms with Crippen molar-refractivity contribution in [3.63, 3.8) is 0 Å². The summed E-state index contributed by atoms with van der Waals surface area (Å²) >= 11 is 0. The van der Waals surface area contributed by atoms with E-state index in [1.165, 1.54) is 12.8 Å². The van der Waals surface area contributed by atoms with Gasteiger partial charge in [-0.3, -0.25) is 4.84 Å². The van der Waals surface area contributed by atoms with E-state index in [9.17, 15) is 14.5 Å². The van der Waals surface area contributed by atoms with Crippen LogP contribution in [0.15, 0.2) is 0 Å². The number of carbonyl (C=O) groups excluding carboxylic acids is 2. The summed E-state index contributed by atoms with van der Waals surface area (Å²) in [7, 11) is -3.79. The Morgan fingerprint density at radius 1 is 0.941 bits per heavy atom. The number of carbonyl (C=O) groups is 2. The first-order valence-corrected chi connectivity index (χ1v) is 15.5. The smallest absolute Gasteiger partial charge is 0.439 e. The van der Waals surface area contributed by atoms with Crippen molar-refractivity contribution in [3.8, 4) is 0 Å². The number of quaternary nitrogens is 1. The molecule has 1 N–H and O–H groups in total. The fraction of sp³-hybridized carbons (Fsp3) is 0.923. The molecule has 0 heterocycles. The Bertz CT molecular complexity index is 605. The number of aldehydes is 1. The number of hydrogen-bond donors (Lipinski definition) is 1. The minimum atomic E-state index is -3.79. The third-order valence-corrected chi connectivity index (χ3v) is 10.6. The molecular formula is C26H47NO6P+2. The number of hydroxylamine groups is 2. The monoisotopic (exact) mass is 500 g/mol. The van der Waals surface area contributed by atoms with Crippen molar-refractivity contribution >= 4 is 20.2 Å². The van der Waals surface area contributed by atoms with Crippen LogP contribution in [0.25, 0.3) is 0 Å². The van der Waals surface area contributed by atoms with E-state index in [0.29, 0.717) is 12.8 Å². The third kappa shape index (κ3) is 7.22. The topological polar surface area (TPSA) is 92.2 Å². The molecule has 0 aromatic carbocycles. The quantitative estimate of drug-likeness (QED) is 0.188. The Morgan fingerprint density at radius 3 is 1.85 bits per heavy atom. The molecule has 3 rings (SSSR count). The zero-order valence-corrected chi connectivity index (χ0v) is 22.3. The lowest BCUT2D eigenvalue weighted by Gasteiger charge is -2.39. The Kier molecular flexibility index (Phi) is 11.2. The zero-order chi connectivity index (χ0) is 24.4. The average molecular weight is 501 g/mol. The first-order valence-electron chi connectivity index (χ1n) is 13.9. The minimum absolute atomic E-state index is 0.176. The zero-order valence-electron chi connectivity index (χ0n) is 21.4. The Labute approximate surface area is 206 Å². The summed E-state index contributed by atoms with van der Waals surface area (Å²) in [4.78, 5) is 46.4. The van der Waals surface area contributed by atoms with E-state index in [1.54, 1.807) is 13.8 Å². The molecule has 1 unspecified atom stereocenters. The predicted molar refractivity (Wildman–Crippen MR) is 131 cm³/mol. The molecular weight excluding hydrogens is 453 g/mol. The van der Waals surface area contributed by atoms with E-state index >= 15 is 0 Å². The van der Waals surface area contributed by atoms with Crippen LogP contribution in [-0.4, -0.2) is 43.2 Å². The molecule has 0 spiro atoms. The summed E-state index contributed by atoms with van der Waals surface area (Å²) in [6.45, 7) is 3.87. The first-order chi connectivity index (χ1) is 16.5. The van der Waals surface area contributed by atoms with Gasteiger partial charge < -0.3 is 4.89 Å². The van der Waals surface area contributed by atoms with E-state index in [2.05, 4.69) is 0 Å². The minimum Gasteiger partial charge on any atom is -0.631 e. The van der Waals surface area contributed by atoms with Crippen LogP contribution in [-0.2, 0) is 23.5 Å². The molecule has 8 heteroatoms. The molecule has 0 aromatic rings. The standard InChI is InChI=1S/C26H46NO6P/c1-3-31-34(30,32-4-2)24(20-26(21-28)18-12-7-13-19-26)25(29)33-27(22-14-8-5-9-15-22)23-16-10-6-11-17-23/h21-24H,3-20H2,1-2H3/q+1/p+1. The highest BCUT2D eigenvalue weighted by Crippen LogP contribution is 2.61. The van der Waals surface area contributed by atoms with Crippen molar-refractivity contribution in [1.82, 2.24) is 0 Å². The Hall–Kier alpha value is -0.590. The summed E-state index contributed by atoms with van der Waals surface area (Å²) in [6.07, 6.45) is 16.9. The molecule has 3 saturated carbocycles. The van der Waals surface area contributed by atoms with Crippen molar-refractivity contribution in [2.24, 2.45) is 5.41 Å². The lowest BCUT2D eigenvalue weighted by atomic mass is 9.72. The molecule has 0 saturated heterocycles. The van der Waals surface area contributed by atoms with E-state index in [4.69, 9.17) is 13.9 Å². The molecule has 3 aliphatic rings. The van der Waals surface area contributed by atoms with Crippen LogP contribution < -0.4 is 9.96 Å². The molecule has 0 aliphatic heterocycles. The molecule has 1 atom stereocenters. The van der Waals surface area contributed by atoms with Crippen LogP contribution in [0, 0.1) is 5.41 Å². The summed E-state index contributed by atoms with van der Waals surface area (Å²) in [6, 6.07) is 0.574. The van der Waals surface area contributed by atoms with Crippen LogP contribution in [0.3, 0.4) is 0 Å². The highest BCUT2D eigenvalue weighted by atomic mass is 31.2. The van der Waals surface area contributed by atoms with Crippen LogP contribution in [0.5, 0.6) is 0 Å². The summed E-state index contributed by atoms with van der Waals surface area (Å²) < 4.78 is 11.3. The lowest BCUT2D eigenvalue weighted by Crippen LogP contribution is -3.19. The lowest BCUT2D eigenvalue weighted by molar-refractivity contribution is -1.11. The number of hydrogen-bond acceptors (Lipinski definition) is 6. The maximum Gasteiger partial charge on any atom is 0.439 e. The van der Waals surface area contributed by atoms with Gasteiger partial charge in [0, 0.05) is 32.1 Å². The summed E-state index contributed by atoms with van der Waals surface area (Å²) in [5, 5.41) is 0.915.